The molecule has 0 saturated carbocycles. The van der Waals surface area contributed by atoms with Crippen molar-refractivity contribution < 1.29 is 19.2 Å². The molecule has 0 aromatic heterocycles. The highest BCUT2D eigenvalue weighted by molar-refractivity contribution is 5.92. The van der Waals surface area contributed by atoms with Crippen LogP contribution in [-0.2, 0) is 9.53 Å². The smallest absolute Gasteiger partial charge is 0.338 e. The fraction of sp³-hybridized carbons (Fsp3) is 0.273. The van der Waals surface area contributed by atoms with Gasteiger partial charge in [0.05, 0.1) is 10.5 Å². The second kappa shape index (κ2) is 5.76. The van der Waals surface area contributed by atoms with Crippen molar-refractivity contribution in [2.45, 2.75) is 6.92 Å². The van der Waals surface area contributed by atoms with E-state index < -0.39 is 10.9 Å². The van der Waals surface area contributed by atoms with Gasteiger partial charge in [-0.05, 0) is 19.1 Å². The summed E-state index contributed by atoms with van der Waals surface area (Å²) in [6, 6.07) is 3.90. The fourth-order valence-electron chi connectivity index (χ4n) is 1.27. The van der Waals surface area contributed by atoms with Crippen LogP contribution in [0.15, 0.2) is 18.2 Å². The number of nitro benzene ring substituents is 1. The van der Waals surface area contributed by atoms with Gasteiger partial charge in [0, 0.05) is 13.1 Å². The van der Waals surface area contributed by atoms with Crippen LogP contribution in [0.5, 0.6) is 0 Å². The van der Waals surface area contributed by atoms with E-state index in [0.29, 0.717) is 5.69 Å². The molecule has 7 heteroatoms. The van der Waals surface area contributed by atoms with Gasteiger partial charge in [0.15, 0.2) is 5.78 Å². The summed E-state index contributed by atoms with van der Waals surface area (Å²) in [5.41, 5.74) is 0.0971. The van der Waals surface area contributed by atoms with Gasteiger partial charge in [-0.2, -0.15) is 0 Å². The van der Waals surface area contributed by atoms with E-state index >= 15 is 0 Å². The zero-order valence-electron chi connectivity index (χ0n) is 9.93. The number of carbonyl (C=O) groups is 2. The Morgan fingerprint density at radius 2 is 2.11 bits per heavy atom. The third-order valence-corrected chi connectivity index (χ3v) is 2.11. The standard InChI is InChI=1S/C11H12N2O5/c1-7(14)6-18-11(15)8-3-4-9(12-2)10(5-8)13(16)17/h3-5,12H,6H2,1-2H3. The predicted molar refractivity (Wildman–Crippen MR) is 63.6 cm³/mol. The molecular formula is C11H12N2O5. The van der Waals surface area contributed by atoms with E-state index in [9.17, 15) is 19.7 Å². The number of esters is 1. The van der Waals surface area contributed by atoms with Gasteiger partial charge >= 0.3 is 5.97 Å². The Kier molecular flexibility index (Phi) is 4.36. The van der Waals surface area contributed by atoms with Gasteiger partial charge in [-0.1, -0.05) is 0 Å². The highest BCUT2D eigenvalue weighted by Gasteiger charge is 2.17. The Labute approximate surface area is 103 Å². The van der Waals surface area contributed by atoms with E-state index in [4.69, 9.17) is 0 Å². The number of nitro groups is 1. The van der Waals surface area contributed by atoms with E-state index in [1.54, 1.807) is 0 Å². The number of nitrogens with zero attached hydrogens (tertiary/aromatic N) is 1. The summed E-state index contributed by atoms with van der Waals surface area (Å²) in [6.07, 6.45) is 0. The normalized spacial score (nSPS) is 9.67. The lowest BCUT2D eigenvalue weighted by molar-refractivity contribution is -0.384. The molecule has 0 radical (unpaired) electrons. The number of ether oxygens (including phenoxy) is 1. The Morgan fingerprint density at radius 1 is 1.44 bits per heavy atom. The minimum Gasteiger partial charge on any atom is -0.454 e. The Morgan fingerprint density at radius 3 is 2.61 bits per heavy atom. The number of ketones is 1. The molecule has 0 unspecified atom stereocenters. The minimum absolute atomic E-state index is 0.0296. The first kappa shape index (κ1) is 13.6. The Hall–Kier alpha value is -2.44. The molecule has 0 atom stereocenters. The van der Waals surface area contributed by atoms with Crippen molar-refractivity contribution in [3.8, 4) is 0 Å². The molecule has 0 heterocycles. The van der Waals surface area contributed by atoms with Crippen molar-refractivity contribution in [3.63, 3.8) is 0 Å². The molecule has 0 bridgehead atoms. The van der Waals surface area contributed by atoms with Gasteiger partial charge in [0.2, 0.25) is 0 Å². The van der Waals surface area contributed by atoms with Gasteiger partial charge in [-0.25, -0.2) is 4.79 Å². The van der Waals surface area contributed by atoms with Crippen molar-refractivity contribution in [1.82, 2.24) is 0 Å². The van der Waals surface area contributed by atoms with Gasteiger partial charge < -0.3 is 10.1 Å². The summed E-state index contributed by atoms with van der Waals surface area (Å²) in [4.78, 5) is 32.3. The van der Waals surface area contributed by atoms with Crippen molar-refractivity contribution in [2.24, 2.45) is 0 Å². The molecule has 0 fully saturated rings. The highest BCUT2D eigenvalue weighted by Crippen LogP contribution is 2.25. The van der Waals surface area contributed by atoms with Gasteiger partial charge in [-0.15, -0.1) is 0 Å². The lowest BCUT2D eigenvalue weighted by Crippen LogP contribution is -2.11. The van der Waals surface area contributed by atoms with Gasteiger partial charge in [0.25, 0.3) is 5.69 Å². The zero-order chi connectivity index (χ0) is 13.7. The van der Waals surface area contributed by atoms with Crippen LogP contribution in [0.4, 0.5) is 11.4 Å². The Bertz CT molecular complexity index is 498. The quantitative estimate of drug-likeness (QED) is 0.483. The first-order valence-electron chi connectivity index (χ1n) is 5.08. The lowest BCUT2D eigenvalue weighted by atomic mass is 10.1. The largest absolute Gasteiger partial charge is 0.454 e. The van der Waals surface area contributed by atoms with E-state index in [-0.39, 0.29) is 23.6 Å². The van der Waals surface area contributed by atoms with Crippen LogP contribution in [-0.4, -0.2) is 30.3 Å². The second-order valence-corrected chi connectivity index (χ2v) is 3.52. The summed E-state index contributed by atoms with van der Waals surface area (Å²) in [7, 11) is 1.54. The van der Waals surface area contributed by atoms with Crippen molar-refractivity contribution >= 4 is 23.1 Å². The number of rotatable bonds is 5. The molecule has 7 nitrogen and oxygen atoms in total. The van der Waals surface area contributed by atoms with Gasteiger partial charge in [0.1, 0.15) is 12.3 Å². The topological polar surface area (TPSA) is 98.5 Å². The highest BCUT2D eigenvalue weighted by atomic mass is 16.6. The Balaban J connectivity index is 2.97. The van der Waals surface area contributed by atoms with E-state index in [1.807, 2.05) is 0 Å². The maximum Gasteiger partial charge on any atom is 0.338 e. The van der Waals surface area contributed by atoms with Crippen LogP contribution < -0.4 is 5.32 Å². The molecule has 0 aliphatic heterocycles. The van der Waals surface area contributed by atoms with Crippen LogP contribution in [0.2, 0.25) is 0 Å². The van der Waals surface area contributed by atoms with Gasteiger partial charge in [-0.3, -0.25) is 14.9 Å². The molecule has 96 valence electrons. The SMILES string of the molecule is CNc1ccc(C(=O)OCC(C)=O)cc1[N+](=O)[O-]. The number of nitrogens with one attached hydrogen (secondary N) is 1. The molecule has 0 aliphatic carbocycles. The zero-order valence-corrected chi connectivity index (χ0v) is 9.93. The van der Waals surface area contributed by atoms with Crippen molar-refractivity contribution in [1.29, 1.82) is 0 Å². The fourth-order valence-corrected chi connectivity index (χ4v) is 1.27. The van der Waals surface area contributed by atoms with Crippen molar-refractivity contribution in [2.75, 3.05) is 19.0 Å². The summed E-state index contributed by atoms with van der Waals surface area (Å²) in [6.45, 7) is 0.931. The van der Waals surface area contributed by atoms with E-state index in [0.717, 1.165) is 6.07 Å². The monoisotopic (exact) mass is 252 g/mol. The van der Waals surface area contributed by atoms with E-state index in [1.165, 1.54) is 26.1 Å². The summed E-state index contributed by atoms with van der Waals surface area (Å²) in [5.74, 6) is -1.07. The number of Topliss-reactive ketones (excluding diaryl/α,β-unsaturated/α-hetero) is 1. The summed E-state index contributed by atoms with van der Waals surface area (Å²) < 4.78 is 4.67. The molecular weight excluding hydrogens is 240 g/mol. The van der Waals surface area contributed by atoms with Crippen LogP contribution in [0, 0.1) is 10.1 Å². The van der Waals surface area contributed by atoms with Crippen LogP contribution in [0.1, 0.15) is 17.3 Å². The molecule has 0 spiro atoms. The molecule has 1 aromatic rings. The first-order chi connectivity index (χ1) is 8.45. The molecule has 0 aliphatic rings. The van der Waals surface area contributed by atoms with Crippen LogP contribution in [0.25, 0.3) is 0 Å². The molecule has 18 heavy (non-hydrogen) atoms. The number of hydrogen-bond donors (Lipinski definition) is 1. The van der Waals surface area contributed by atoms with E-state index in [2.05, 4.69) is 10.1 Å². The molecule has 1 N–H and O–H groups in total. The minimum atomic E-state index is -0.768. The number of anilines is 1. The lowest BCUT2D eigenvalue weighted by Gasteiger charge is -2.05. The molecule has 1 aromatic carbocycles. The second-order valence-electron chi connectivity index (χ2n) is 3.52. The maximum atomic E-state index is 11.5. The third kappa shape index (κ3) is 3.27. The summed E-state index contributed by atoms with van der Waals surface area (Å²) >= 11 is 0. The third-order valence-electron chi connectivity index (χ3n) is 2.11. The predicted octanol–water partition coefficient (Wildman–Crippen LogP) is 1.38. The average molecular weight is 252 g/mol. The number of benzene rings is 1. The van der Waals surface area contributed by atoms with Crippen molar-refractivity contribution in [3.05, 3.63) is 33.9 Å². The average Bonchev–Trinajstić information content (AvgIpc) is 2.34. The molecule has 1 rings (SSSR count). The maximum absolute atomic E-state index is 11.5. The number of carbonyl (C=O) groups excluding carboxylic acids is 2. The van der Waals surface area contributed by atoms with Crippen LogP contribution in [0.3, 0.4) is 0 Å². The number of hydrogen-bond acceptors (Lipinski definition) is 6. The van der Waals surface area contributed by atoms with Crippen LogP contribution >= 0.6 is 0 Å². The summed E-state index contributed by atoms with van der Waals surface area (Å²) in [5, 5.41) is 13.4. The molecule has 0 amide bonds. The molecule has 0 saturated heterocycles. The first-order valence-corrected chi connectivity index (χ1v) is 5.08.